The van der Waals surface area contributed by atoms with Crippen LogP contribution in [0.5, 0.6) is 0 Å². The van der Waals surface area contributed by atoms with Gasteiger partial charge in [0.25, 0.3) is 0 Å². The van der Waals surface area contributed by atoms with Crippen molar-refractivity contribution >= 4 is 67.2 Å². The summed E-state index contributed by atoms with van der Waals surface area (Å²) in [5.41, 5.74) is 4.34. The molecule has 2 aromatic heterocycles. The van der Waals surface area contributed by atoms with Crippen LogP contribution in [-0.2, 0) is 22.6 Å². The van der Waals surface area contributed by atoms with Gasteiger partial charge in [-0.1, -0.05) is 23.7 Å². The zero-order valence-corrected chi connectivity index (χ0v) is 22.9. The van der Waals surface area contributed by atoms with Crippen LogP contribution < -0.4 is 15.5 Å². The van der Waals surface area contributed by atoms with Crippen LogP contribution in [0.4, 0.5) is 39.2 Å². The molecule has 39 heavy (non-hydrogen) atoms. The number of nitrogens with zero attached hydrogens (tertiary/aromatic N) is 5. The van der Waals surface area contributed by atoms with Gasteiger partial charge in [-0.05, 0) is 60.2 Å². The van der Waals surface area contributed by atoms with Crippen LogP contribution in [-0.4, -0.2) is 41.2 Å². The molecule has 2 heterocycles. The number of imidazole rings is 1. The number of anilines is 6. The molecule has 2 N–H and O–H groups in total. The van der Waals surface area contributed by atoms with Crippen molar-refractivity contribution in [3.05, 3.63) is 89.3 Å². The smallest absolute Gasteiger partial charge is 0.229 e. The van der Waals surface area contributed by atoms with Gasteiger partial charge >= 0.3 is 0 Å². The number of rotatable bonds is 8. The SMILES string of the molecule is CN(c1ccc2c(c1)nc(Nc1cc(F)ccc1Cl)n2C)c1ccnc(Nc2ccc(CS(C)(=O)=O)cc2)n1. The molecule has 12 heteroatoms. The average Bonchev–Trinajstić information content (AvgIpc) is 3.20. The third-order valence-electron chi connectivity index (χ3n) is 6.05. The fourth-order valence-corrected chi connectivity index (χ4v) is 5.03. The second kappa shape index (κ2) is 10.5. The fraction of sp³-hybridized carbons (Fsp3) is 0.148. The second-order valence-corrected chi connectivity index (χ2v) is 11.7. The Kier molecular flexibility index (Phi) is 7.11. The number of benzene rings is 3. The molecule has 0 spiro atoms. The molecule has 0 radical (unpaired) electrons. The maximum absolute atomic E-state index is 13.7. The van der Waals surface area contributed by atoms with E-state index in [1.807, 2.05) is 41.8 Å². The summed E-state index contributed by atoms with van der Waals surface area (Å²) in [5, 5.41) is 6.65. The molecule has 0 fully saturated rings. The molecular formula is C27H25ClFN7O2S. The van der Waals surface area contributed by atoms with Crippen LogP contribution in [0.1, 0.15) is 5.56 Å². The van der Waals surface area contributed by atoms with E-state index in [0.717, 1.165) is 22.4 Å². The molecule has 200 valence electrons. The van der Waals surface area contributed by atoms with Crippen molar-refractivity contribution in [3.8, 4) is 0 Å². The average molecular weight is 566 g/mol. The molecule has 3 aromatic carbocycles. The molecule has 0 aliphatic carbocycles. The summed E-state index contributed by atoms with van der Waals surface area (Å²) < 4.78 is 38.6. The van der Waals surface area contributed by atoms with Gasteiger partial charge in [-0.2, -0.15) is 4.98 Å². The lowest BCUT2D eigenvalue weighted by atomic mass is 10.2. The molecule has 0 amide bonds. The van der Waals surface area contributed by atoms with Crippen molar-refractivity contribution in [2.24, 2.45) is 7.05 Å². The largest absolute Gasteiger partial charge is 0.329 e. The Balaban J connectivity index is 1.35. The van der Waals surface area contributed by atoms with Crippen molar-refractivity contribution < 1.29 is 12.8 Å². The first-order chi connectivity index (χ1) is 18.6. The zero-order valence-electron chi connectivity index (χ0n) is 21.4. The molecule has 0 aliphatic rings. The van der Waals surface area contributed by atoms with E-state index in [1.165, 1.54) is 24.5 Å². The first kappa shape index (κ1) is 26.4. The summed E-state index contributed by atoms with van der Waals surface area (Å²) in [4.78, 5) is 15.5. The van der Waals surface area contributed by atoms with Crippen LogP contribution in [0.2, 0.25) is 5.02 Å². The van der Waals surface area contributed by atoms with E-state index < -0.39 is 15.7 Å². The van der Waals surface area contributed by atoms with E-state index in [0.29, 0.717) is 34.0 Å². The predicted octanol–water partition coefficient (Wildman–Crippen LogP) is 5.96. The molecule has 0 aliphatic heterocycles. The number of aryl methyl sites for hydroxylation is 1. The monoisotopic (exact) mass is 565 g/mol. The normalized spacial score (nSPS) is 11.5. The third-order valence-corrected chi connectivity index (χ3v) is 7.24. The van der Waals surface area contributed by atoms with Gasteiger partial charge < -0.3 is 20.1 Å². The van der Waals surface area contributed by atoms with E-state index in [-0.39, 0.29) is 5.75 Å². The molecule has 5 rings (SSSR count). The Morgan fingerprint density at radius 2 is 1.77 bits per heavy atom. The number of hydrogen-bond donors (Lipinski definition) is 2. The highest BCUT2D eigenvalue weighted by molar-refractivity contribution is 7.89. The molecule has 5 aromatic rings. The van der Waals surface area contributed by atoms with Gasteiger partial charge in [0.05, 0.1) is 27.5 Å². The van der Waals surface area contributed by atoms with Crippen LogP contribution in [0.3, 0.4) is 0 Å². The molecule has 0 saturated heterocycles. The maximum atomic E-state index is 13.7. The van der Waals surface area contributed by atoms with Crippen molar-refractivity contribution in [3.63, 3.8) is 0 Å². The number of nitrogens with one attached hydrogen (secondary N) is 2. The first-order valence-electron chi connectivity index (χ1n) is 11.8. The van der Waals surface area contributed by atoms with Crippen LogP contribution in [0, 0.1) is 5.82 Å². The fourth-order valence-electron chi connectivity index (χ4n) is 4.07. The number of sulfone groups is 1. The minimum Gasteiger partial charge on any atom is -0.329 e. The lowest BCUT2D eigenvalue weighted by molar-refractivity contribution is 0.601. The summed E-state index contributed by atoms with van der Waals surface area (Å²) in [5.74, 6) is 1.16. The van der Waals surface area contributed by atoms with Gasteiger partial charge in [0, 0.05) is 37.9 Å². The standard InChI is InChI=1S/C27H25ClFN7O2S/c1-35(25-12-13-30-26(34-25)31-19-7-4-17(5-8-19)16-39(3,37)38)20-9-11-24-23(15-20)33-27(36(24)2)32-22-14-18(29)6-10-21(22)28/h4-15H,16H2,1-3H3,(H,32,33)(H,30,31,34). The Labute approximate surface area is 230 Å². The summed E-state index contributed by atoms with van der Waals surface area (Å²) >= 11 is 6.21. The van der Waals surface area contributed by atoms with Crippen molar-refractivity contribution in [1.82, 2.24) is 19.5 Å². The topological polar surface area (TPSA) is 105 Å². The van der Waals surface area contributed by atoms with E-state index in [1.54, 1.807) is 36.5 Å². The molecule has 0 atom stereocenters. The summed E-state index contributed by atoms with van der Waals surface area (Å²) in [7, 11) is 0.654. The summed E-state index contributed by atoms with van der Waals surface area (Å²) in [6.45, 7) is 0. The lowest BCUT2D eigenvalue weighted by Gasteiger charge is -2.19. The molecule has 0 unspecified atom stereocenters. The highest BCUT2D eigenvalue weighted by Crippen LogP contribution is 2.30. The molecule has 0 saturated carbocycles. The van der Waals surface area contributed by atoms with Gasteiger partial charge in [-0.25, -0.2) is 22.8 Å². The van der Waals surface area contributed by atoms with Crippen molar-refractivity contribution in [1.29, 1.82) is 0 Å². The number of hydrogen-bond acceptors (Lipinski definition) is 8. The summed E-state index contributed by atoms with van der Waals surface area (Å²) in [6, 6.07) is 18.8. The number of halogens is 2. The number of fused-ring (bicyclic) bond motifs is 1. The van der Waals surface area contributed by atoms with E-state index in [2.05, 4.69) is 25.6 Å². The van der Waals surface area contributed by atoms with Gasteiger partial charge in [0.1, 0.15) is 11.6 Å². The second-order valence-electron chi connectivity index (χ2n) is 9.11. The third kappa shape index (κ3) is 6.10. The highest BCUT2D eigenvalue weighted by atomic mass is 35.5. The Hall–Kier alpha value is -4.22. The zero-order chi connectivity index (χ0) is 27.7. The minimum absolute atomic E-state index is 0.0131. The van der Waals surface area contributed by atoms with Gasteiger partial charge in [0.15, 0.2) is 9.84 Å². The van der Waals surface area contributed by atoms with E-state index in [9.17, 15) is 12.8 Å². The highest BCUT2D eigenvalue weighted by Gasteiger charge is 2.14. The van der Waals surface area contributed by atoms with E-state index in [4.69, 9.17) is 11.6 Å². The summed E-state index contributed by atoms with van der Waals surface area (Å²) in [6.07, 6.45) is 2.86. The first-order valence-corrected chi connectivity index (χ1v) is 14.3. The van der Waals surface area contributed by atoms with Crippen LogP contribution >= 0.6 is 11.6 Å². The Morgan fingerprint density at radius 1 is 1.00 bits per heavy atom. The van der Waals surface area contributed by atoms with Gasteiger partial charge in [0.2, 0.25) is 11.9 Å². The number of aromatic nitrogens is 4. The Bertz CT molecular complexity index is 1780. The van der Waals surface area contributed by atoms with Crippen LogP contribution in [0.15, 0.2) is 72.9 Å². The van der Waals surface area contributed by atoms with Gasteiger partial charge in [-0.3, -0.25) is 0 Å². The molecular weight excluding hydrogens is 541 g/mol. The minimum atomic E-state index is -3.10. The predicted molar refractivity (Wildman–Crippen MR) is 154 cm³/mol. The Morgan fingerprint density at radius 3 is 2.51 bits per heavy atom. The van der Waals surface area contributed by atoms with Crippen molar-refractivity contribution in [2.45, 2.75) is 5.75 Å². The molecule has 0 bridgehead atoms. The van der Waals surface area contributed by atoms with Crippen LogP contribution in [0.25, 0.3) is 11.0 Å². The lowest BCUT2D eigenvalue weighted by Crippen LogP contribution is -2.12. The van der Waals surface area contributed by atoms with Gasteiger partial charge in [-0.15, -0.1) is 0 Å². The van der Waals surface area contributed by atoms with Crippen molar-refractivity contribution in [2.75, 3.05) is 28.8 Å². The molecule has 9 nitrogen and oxygen atoms in total. The quantitative estimate of drug-likeness (QED) is 0.238. The van der Waals surface area contributed by atoms with E-state index >= 15 is 0 Å². The maximum Gasteiger partial charge on any atom is 0.229 e.